The molecule has 1 aliphatic heterocycles. The van der Waals surface area contributed by atoms with Gasteiger partial charge in [0.15, 0.2) is 6.23 Å². The van der Waals surface area contributed by atoms with E-state index in [9.17, 15) is 19.8 Å². The van der Waals surface area contributed by atoms with Crippen molar-refractivity contribution in [2.45, 2.75) is 37.5 Å². The van der Waals surface area contributed by atoms with Gasteiger partial charge in [-0.15, -0.1) is 0 Å². The summed E-state index contributed by atoms with van der Waals surface area (Å²) in [6, 6.07) is -0.322. The van der Waals surface area contributed by atoms with Crippen molar-refractivity contribution in [3.05, 3.63) is 32.6 Å². The van der Waals surface area contributed by atoms with Gasteiger partial charge in [0, 0.05) is 12.2 Å². The number of nitrogens with zero attached hydrogens (tertiary/aromatic N) is 1. The third kappa shape index (κ3) is 2.78. The van der Waals surface area contributed by atoms with Gasteiger partial charge in [0.25, 0.3) is 5.56 Å². The van der Waals surface area contributed by atoms with Gasteiger partial charge in [-0.05, 0) is 14.0 Å². The summed E-state index contributed by atoms with van der Waals surface area (Å²) in [6.45, 7) is 1.24. The van der Waals surface area contributed by atoms with Crippen LogP contribution in [0.5, 0.6) is 0 Å². The molecule has 0 radical (unpaired) electrons. The molecule has 2 heterocycles. The smallest absolute Gasteiger partial charge is 0.330 e. The molecule has 5 atom stereocenters. The van der Waals surface area contributed by atoms with Crippen LogP contribution in [0.1, 0.15) is 24.8 Å². The van der Waals surface area contributed by atoms with Gasteiger partial charge in [0.1, 0.15) is 18.3 Å². The Labute approximate surface area is 119 Å². The van der Waals surface area contributed by atoms with Crippen LogP contribution in [-0.4, -0.2) is 56.8 Å². The first-order valence-corrected chi connectivity index (χ1v) is 6.55. The molecule has 118 valence electrons. The van der Waals surface area contributed by atoms with E-state index in [1.165, 1.54) is 6.20 Å². The monoisotopic (exact) mass is 301 g/mol. The maximum atomic E-state index is 11.9. The van der Waals surface area contributed by atoms with Crippen LogP contribution >= 0.6 is 0 Å². The van der Waals surface area contributed by atoms with Crippen LogP contribution in [0.3, 0.4) is 0 Å². The predicted octanol–water partition coefficient (Wildman–Crippen LogP) is -2.57. The highest BCUT2D eigenvalue weighted by Gasteiger charge is 2.43. The zero-order valence-corrected chi connectivity index (χ0v) is 11.7. The number of nitrogens with one attached hydrogen (secondary N) is 2. The highest BCUT2D eigenvalue weighted by atomic mass is 16.6. The number of aliphatic hydroxyl groups excluding tert-OH is 3. The van der Waals surface area contributed by atoms with E-state index < -0.39 is 42.4 Å². The molecule has 1 aliphatic rings. The molecule has 9 nitrogen and oxygen atoms in total. The molecule has 0 aliphatic carbocycles. The van der Waals surface area contributed by atoms with E-state index in [1.807, 2.05) is 0 Å². The molecule has 1 unspecified atom stereocenters. The van der Waals surface area contributed by atoms with E-state index in [1.54, 1.807) is 14.0 Å². The van der Waals surface area contributed by atoms with Crippen molar-refractivity contribution >= 4 is 0 Å². The standard InChI is InChI=1S/C12H19N3O6/c1-5(13-2)6-3-15(12(20)14-10(6)19)11-9(18)8(17)7(4-16)21-11/h3,5,7-9,11,13,16-18H,4H2,1-2H3,(H,14,19,20)/t5?,7-,8-,9-,11-/m1/s1. The molecule has 0 aromatic carbocycles. The quantitative estimate of drug-likeness (QED) is 0.412. The number of aromatic amines is 1. The van der Waals surface area contributed by atoms with Gasteiger partial charge in [0.05, 0.1) is 12.2 Å². The van der Waals surface area contributed by atoms with E-state index >= 15 is 0 Å². The van der Waals surface area contributed by atoms with Gasteiger partial charge in [-0.25, -0.2) is 4.79 Å². The molecule has 1 saturated heterocycles. The van der Waals surface area contributed by atoms with Gasteiger partial charge >= 0.3 is 5.69 Å². The fourth-order valence-electron chi connectivity index (χ4n) is 2.26. The van der Waals surface area contributed by atoms with Crippen molar-refractivity contribution in [1.29, 1.82) is 0 Å². The van der Waals surface area contributed by atoms with Gasteiger partial charge in [-0.1, -0.05) is 0 Å². The van der Waals surface area contributed by atoms with Crippen molar-refractivity contribution in [2.75, 3.05) is 13.7 Å². The lowest BCUT2D eigenvalue weighted by Crippen LogP contribution is -2.39. The molecular formula is C12H19N3O6. The number of aromatic nitrogens is 2. The highest BCUT2D eigenvalue weighted by molar-refractivity contribution is 5.10. The number of rotatable bonds is 4. The number of ether oxygens (including phenoxy) is 1. The maximum Gasteiger partial charge on any atom is 0.330 e. The molecule has 21 heavy (non-hydrogen) atoms. The molecule has 0 spiro atoms. The topological polar surface area (TPSA) is 137 Å². The first kappa shape index (κ1) is 15.9. The molecule has 1 aromatic rings. The van der Waals surface area contributed by atoms with Gasteiger partial charge in [0.2, 0.25) is 0 Å². The molecule has 2 rings (SSSR count). The third-order valence-corrected chi connectivity index (χ3v) is 3.69. The first-order chi connectivity index (χ1) is 9.90. The molecule has 5 N–H and O–H groups in total. The Hall–Kier alpha value is -1.52. The first-order valence-electron chi connectivity index (χ1n) is 6.55. The highest BCUT2D eigenvalue weighted by Crippen LogP contribution is 2.28. The van der Waals surface area contributed by atoms with Gasteiger partial charge in [-0.3, -0.25) is 14.3 Å². The fraction of sp³-hybridized carbons (Fsp3) is 0.667. The van der Waals surface area contributed by atoms with Crippen LogP contribution < -0.4 is 16.6 Å². The minimum Gasteiger partial charge on any atom is -0.394 e. The summed E-state index contributed by atoms with van der Waals surface area (Å²) >= 11 is 0. The van der Waals surface area contributed by atoms with E-state index in [-0.39, 0.29) is 11.6 Å². The van der Waals surface area contributed by atoms with Crippen molar-refractivity contribution in [1.82, 2.24) is 14.9 Å². The molecule has 0 bridgehead atoms. The number of hydrogen-bond donors (Lipinski definition) is 5. The lowest BCUT2D eigenvalue weighted by Gasteiger charge is -2.19. The number of hydrogen-bond acceptors (Lipinski definition) is 7. The Balaban J connectivity index is 2.45. The summed E-state index contributed by atoms with van der Waals surface area (Å²) in [5, 5.41) is 31.6. The Bertz CT molecular complexity index is 612. The molecule has 1 fully saturated rings. The summed E-state index contributed by atoms with van der Waals surface area (Å²) in [5.74, 6) is 0. The Morgan fingerprint density at radius 2 is 2.10 bits per heavy atom. The van der Waals surface area contributed by atoms with Crippen molar-refractivity contribution in [3.63, 3.8) is 0 Å². The second-order valence-corrected chi connectivity index (χ2v) is 4.99. The fourth-order valence-corrected chi connectivity index (χ4v) is 2.26. The van der Waals surface area contributed by atoms with Crippen LogP contribution in [-0.2, 0) is 4.74 Å². The number of aliphatic hydroxyl groups is 3. The summed E-state index contributed by atoms with van der Waals surface area (Å²) in [5.41, 5.74) is -1.01. The Morgan fingerprint density at radius 3 is 2.62 bits per heavy atom. The molecule has 0 saturated carbocycles. The second kappa shape index (κ2) is 6.08. The minimum atomic E-state index is -1.39. The summed E-state index contributed by atoms with van der Waals surface area (Å²) in [4.78, 5) is 25.8. The van der Waals surface area contributed by atoms with Crippen molar-refractivity contribution in [2.24, 2.45) is 0 Å². The molecule has 9 heteroatoms. The van der Waals surface area contributed by atoms with Crippen LogP contribution in [0, 0.1) is 0 Å². The normalized spacial score (nSPS) is 30.5. The lowest BCUT2D eigenvalue weighted by atomic mass is 10.1. The molecular weight excluding hydrogens is 282 g/mol. The lowest BCUT2D eigenvalue weighted by molar-refractivity contribution is -0.0551. The van der Waals surface area contributed by atoms with Crippen LogP contribution in [0.2, 0.25) is 0 Å². The summed E-state index contributed by atoms with van der Waals surface area (Å²) in [7, 11) is 1.66. The van der Waals surface area contributed by atoms with Crippen molar-refractivity contribution in [3.8, 4) is 0 Å². The SMILES string of the molecule is CNC(C)c1cn([C@@H]2O[C@H](CO)[C@@H](O)[C@H]2O)c(=O)[nH]c1=O. The third-order valence-electron chi connectivity index (χ3n) is 3.69. The maximum absolute atomic E-state index is 11.9. The van der Waals surface area contributed by atoms with Gasteiger partial charge in [-0.2, -0.15) is 0 Å². The zero-order valence-electron chi connectivity index (χ0n) is 11.7. The summed E-state index contributed by atoms with van der Waals surface area (Å²) < 4.78 is 6.29. The summed E-state index contributed by atoms with van der Waals surface area (Å²) in [6.07, 6.45) is -3.59. The molecule has 0 amide bonds. The average molecular weight is 301 g/mol. The second-order valence-electron chi connectivity index (χ2n) is 4.99. The Kier molecular flexibility index (Phi) is 4.59. The van der Waals surface area contributed by atoms with Crippen LogP contribution in [0.4, 0.5) is 0 Å². The van der Waals surface area contributed by atoms with Crippen LogP contribution in [0.25, 0.3) is 0 Å². The van der Waals surface area contributed by atoms with E-state index in [4.69, 9.17) is 9.84 Å². The van der Waals surface area contributed by atoms with E-state index in [0.717, 1.165) is 4.57 Å². The Morgan fingerprint density at radius 1 is 1.43 bits per heavy atom. The largest absolute Gasteiger partial charge is 0.394 e. The van der Waals surface area contributed by atoms with Crippen molar-refractivity contribution < 1.29 is 20.1 Å². The average Bonchev–Trinajstić information content (AvgIpc) is 2.74. The zero-order chi connectivity index (χ0) is 15.7. The predicted molar refractivity (Wildman–Crippen MR) is 71.8 cm³/mol. The van der Waals surface area contributed by atoms with Gasteiger partial charge < -0.3 is 25.4 Å². The molecule has 1 aromatic heterocycles. The minimum absolute atomic E-state index is 0.287. The van der Waals surface area contributed by atoms with E-state index in [2.05, 4.69) is 10.3 Å². The van der Waals surface area contributed by atoms with E-state index in [0.29, 0.717) is 0 Å². The number of H-pyrrole nitrogens is 1. The van der Waals surface area contributed by atoms with Crippen LogP contribution in [0.15, 0.2) is 15.8 Å².